The highest BCUT2D eigenvalue weighted by Crippen LogP contribution is 2.34. The van der Waals surface area contributed by atoms with Crippen molar-refractivity contribution in [1.29, 1.82) is 0 Å². The largest absolute Gasteiger partial charge is 0.408 e. The number of rotatable bonds is 4. The van der Waals surface area contributed by atoms with E-state index >= 15 is 0 Å². The summed E-state index contributed by atoms with van der Waals surface area (Å²) < 4.78 is 38.0. The van der Waals surface area contributed by atoms with Gasteiger partial charge in [-0.2, -0.15) is 23.4 Å². The first kappa shape index (κ1) is 20.1. The number of hydrogen-bond acceptors (Lipinski definition) is 4. The van der Waals surface area contributed by atoms with Crippen LogP contribution in [0.1, 0.15) is 47.8 Å². The van der Waals surface area contributed by atoms with Crippen molar-refractivity contribution < 1.29 is 18.0 Å². The molecule has 0 spiro atoms. The Morgan fingerprint density at radius 3 is 2.53 bits per heavy atom. The van der Waals surface area contributed by atoms with E-state index in [1.807, 2.05) is 18.2 Å². The minimum atomic E-state index is -4.39. The lowest BCUT2D eigenvalue weighted by Crippen LogP contribution is -2.37. The number of aromatic amines is 1. The smallest absolute Gasteiger partial charge is 0.348 e. The molecule has 0 saturated heterocycles. The average molecular weight is 419 g/mol. The molecule has 1 aliphatic rings. The average Bonchev–Trinajstić information content (AvgIpc) is 3.16. The Kier molecular flexibility index (Phi) is 5.31. The van der Waals surface area contributed by atoms with Gasteiger partial charge in [0, 0.05) is 23.5 Å². The van der Waals surface area contributed by atoms with Crippen LogP contribution in [-0.2, 0) is 6.54 Å². The van der Waals surface area contributed by atoms with Crippen LogP contribution < -0.4 is 10.9 Å². The van der Waals surface area contributed by atoms with E-state index < -0.39 is 18.6 Å². The van der Waals surface area contributed by atoms with Crippen molar-refractivity contribution in [3.8, 4) is 0 Å². The quantitative estimate of drug-likeness (QED) is 0.680. The number of nitrogens with zero attached hydrogens (tertiary/aromatic N) is 3. The second-order valence-corrected chi connectivity index (χ2v) is 7.52. The van der Waals surface area contributed by atoms with Gasteiger partial charge in [-0.25, -0.2) is 5.10 Å². The van der Waals surface area contributed by atoms with E-state index in [4.69, 9.17) is 0 Å². The molecular formula is C20H20F3N5O2. The van der Waals surface area contributed by atoms with E-state index in [1.165, 1.54) is 6.07 Å². The van der Waals surface area contributed by atoms with Crippen molar-refractivity contribution in [1.82, 2.24) is 25.3 Å². The standard InChI is InChI=1S/C20H20F3N5O2/c21-20(22,23)11-28-10-9-16(27-28)19(30)24-13-7-5-12(6-8-13)17-14-3-1-2-4-15(14)18(29)26-25-17/h1-4,9-10,12-13H,5-8,11H2,(H,24,30)(H,26,29)/t12-,13+. The lowest BCUT2D eigenvalue weighted by atomic mass is 9.82. The summed E-state index contributed by atoms with van der Waals surface area (Å²) in [6.07, 6.45) is -0.291. The van der Waals surface area contributed by atoms with Gasteiger partial charge in [-0.3, -0.25) is 14.3 Å². The molecule has 1 aromatic carbocycles. The van der Waals surface area contributed by atoms with Crippen LogP contribution in [0.4, 0.5) is 13.2 Å². The summed E-state index contributed by atoms with van der Waals surface area (Å²) >= 11 is 0. The van der Waals surface area contributed by atoms with Crippen LogP contribution in [0.5, 0.6) is 0 Å². The third kappa shape index (κ3) is 4.37. The number of carbonyl (C=O) groups is 1. The van der Waals surface area contributed by atoms with Gasteiger partial charge in [-0.15, -0.1) is 0 Å². The zero-order valence-electron chi connectivity index (χ0n) is 15.9. The minimum absolute atomic E-state index is 0.0327. The molecule has 158 valence electrons. The fraction of sp³-hybridized carbons (Fsp3) is 0.400. The summed E-state index contributed by atoms with van der Waals surface area (Å²) in [6.45, 7) is -1.23. The van der Waals surface area contributed by atoms with Crippen molar-refractivity contribution in [2.24, 2.45) is 0 Å². The molecule has 0 radical (unpaired) electrons. The van der Waals surface area contributed by atoms with E-state index in [1.54, 1.807) is 6.07 Å². The first-order valence-corrected chi connectivity index (χ1v) is 9.68. The summed E-state index contributed by atoms with van der Waals surface area (Å²) in [7, 11) is 0. The summed E-state index contributed by atoms with van der Waals surface area (Å²) in [5, 5.41) is 14.8. The highest BCUT2D eigenvalue weighted by Gasteiger charge is 2.29. The minimum Gasteiger partial charge on any atom is -0.348 e. The number of fused-ring (bicyclic) bond motifs is 1. The van der Waals surface area contributed by atoms with Gasteiger partial charge in [0.15, 0.2) is 0 Å². The predicted molar refractivity (Wildman–Crippen MR) is 103 cm³/mol. The lowest BCUT2D eigenvalue weighted by Gasteiger charge is -2.29. The molecule has 2 N–H and O–H groups in total. The number of carbonyl (C=O) groups excluding carboxylic acids is 1. The van der Waals surface area contributed by atoms with E-state index in [9.17, 15) is 22.8 Å². The van der Waals surface area contributed by atoms with E-state index in [2.05, 4.69) is 20.6 Å². The van der Waals surface area contributed by atoms with Gasteiger partial charge in [-0.1, -0.05) is 18.2 Å². The maximum absolute atomic E-state index is 12.4. The molecule has 4 rings (SSSR count). The van der Waals surface area contributed by atoms with Gasteiger partial charge in [0.25, 0.3) is 11.5 Å². The predicted octanol–water partition coefficient (Wildman–Crippen LogP) is 3.14. The Morgan fingerprint density at radius 2 is 1.83 bits per heavy atom. The van der Waals surface area contributed by atoms with Gasteiger partial charge in [-0.05, 0) is 37.8 Å². The molecule has 1 aliphatic carbocycles. The summed E-state index contributed by atoms with van der Waals surface area (Å²) in [5.41, 5.74) is 0.593. The molecule has 10 heteroatoms. The summed E-state index contributed by atoms with van der Waals surface area (Å²) in [6, 6.07) is 8.53. The Bertz CT molecular complexity index is 1110. The molecule has 0 atom stereocenters. The lowest BCUT2D eigenvalue weighted by molar-refractivity contribution is -0.142. The fourth-order valence-corrected chi connectivity index (χ4v) is 3.97. The van der Waals surface area contributed by atoms with Crippen molar-refractivity contribution in [2.75, 3.05) is 0 Å². The SMILES string of the molecule is O=C(N[C@H]1CC[C@@H](c2n[nH]c(=O)c3ccccc32)CC1)c1ccn(CC(F)(F)F)n1. The number of alkyl halides is 3. The van der Waals surface area contributed by atoms with Crippen LogP contribution in [-0.4, -0.2) is 38.1 Å². The molecule has 30 heavy (non-hydrogen) atoms. The number of hydrogen-bond donors (Lipinski definition) is 2. The normalized spacial score (nSPS) is 19.7. The van der Waals surface area contributed by atoms with Crippen LogP contribution in [0.3, 0.4) is 0 Å². The molecule has 7 nitrogen and oxygen atoms in total. The van der Waals surface area contributed by atoms with Crippen molar-refractivity contribution >= 4 is 16.7 Å². The molecule has 0 bridgehead atoms. The number of nitrogens with one attached hydrogen (secondary N) is 2. The van der Waals surface area contributed by atoms with Crippen LogP contribution in [0.15, 0.2) is 41.3 Å². The third-order valence-corrected chi connectivity index (χ3v) is 5.39. The fourth-order valence-electron chi connectivity index (χ4n) is 3.97. The molecule has 2 heterocycles. The third-order valence-electron chi connectivity index (χ3n) is 5.39. The molecule has 0 aliphatic heterocycles. The first-order valence-electron chi connectivity index (χ1n) is 9.68. The van der Waals surface area contributed by atoms with Crippen molar-refractivity contribution in [2.45, 2.75) is 50.4 Å². The molecule has 1 amide bonds. The second-order valence-electron chi connectivity index (χ2n) is 7.52. The zero-order chi connectivity index (χ0) is 21.3. The van der Waals surface area contributed by atoms with Crippen LogP contribution in [0, 0.1) is 0 Å². The van der Waals surface area contributed by atoms with Gasteiger partial charge in [0.2, 0.25) is 0 Å². The second kappa shape index (κ2) is 7.92. The molecule has 1 saturated carbocycles. The summed E-state index contributed by atoms with van der Waals surface area (Å²) in [5.74, 6) is -0.321. The van der Waals surface area contributed by atoms with Gasteiger partial charge >= 0.3 is 6.18 Å². The molecule has 2 aromatic heterocycles. The molecule has 1 fully saturated rings. The van der Waals surface area contributed by atoms with Gasteiger partial charge < -0.3 is 5.32 Å². The first-order chi connectivity index (χ1) is 14.3. The topological polar surface area (TPSA) is 92.7 Å². The Balaban J connectivity index is 1.38. The number of aromatic nitrogens is 4. The maximum Gasteiger partial charge on any atom is 0.408 e. The van der Waals surface area contributed by atoms with E-state index in [-0.39, 0.29) is 23.2 Å². The Morgan fingerprint density at radius 1 is 1.13 bits per heavy atom. The zero-order valence-corrected chi connectivity index (χ0v) is 15.9. The van der Waals surface area contributed by atoms with Crippen LogP contribution in [0.2, 0.25) is 0 Å². The number of amides is 1. The van der Waals surface area contributed by atoms with Gasteiger partial charge in [0.05, 0.1) is 11.1 Å². The van der Waals surface area contributed by atoms with E-state index in [0.717, 1.165) is 30.1 Å². The number of benzene rings is 1. The number of halogens is 3. The van der Waals surface area contributed by atoms with Crippen LogP contribution in [0.25, 0.3) is 10.8 Å². The Labute approximate surface area is 169 Å². The molecule has 0 unspecified atom stereocenters. The number of H-pyrrole nitrogens is 1. The Hall–Kier alpha value is -3.17. The maximum atomic E-state index is 12.4. The highest BCUT2D eigenvalue weighted by molar-refractivity contribution is 5.92. The highest BCUT2D eigenvalue weighted by atomic mass is 19.4. The van der Waals surface area contributed by atoms with Gasteiger partial charge in [0.1, 0.15) is 12.2 Å². The molecular weight excluding hydrogens is 399 g/mol. The van der Waals surface area contributed by atoms with Crippen molar-refractivity contribution in [3.63, 3.8) is 0 Å². The van der Waals surface area contributed by atoms with E-state index in [0.29, 0.717) is 22.9 Å². The van der Waals surface area contributed by atoms with Crippen molar-refractivity contribution in [3.05, 3.63) is 58.3 Å². The monoisotopic (exact) mass is 419 g/mol. The summed E-state index contributed by atoms with van der Waals surface area (Å²) in [4.78, 5) is 24.3. The molecule has 3 aromatic rings. The van der Waals surface area contributed by atoms with Crippen LogP contribution >= 0.6 is 0 Å².